The number of hydrogen-bond donors (Lipinski definition) is 1. The van der Waals surface area contributed by atoms with Gasteiger partial charge in [0.25, 0.3) is 0 Å². The van der Waals surface area contributed by atoms with Gasteiger partial charge in [0.1, 0.15) is 0 Å². The molecule has 0 aliphatic heterocycles. The summed E-state index contributed by atoms with van der Waals surface area (Å²) in [5, 5.41) is 0. The van der Waals surface area contributed by atoms with Crippen LogP contribution in [-0.2, 0) is 0 Å². The minimum absolute atomic E-state index is 0.280. The highest BCUT2D eigenvalue weighted by Gasteiger charge is 2.01. The molecule has 0 fully saturated rings. The lowest BCUT2D eigenvalue weighted by molar-refractivity contribution is 0.272. The first kappa shape index (κ1) is 10.9. The van der Waals surface area contributed by atoms with Crippen molar-refractivity contribution in [2.24, 2.45) is 5.73 Å². The van der Waals surface area contributed by atoms with Gasteiger partial charge in [0, 0.05) is 25.7 Å². The van der Waals surface area contributed by atoms with Crippen molar-refractivity contribution in [2.45, 2.75) is 13.0 Å². The molecule has 0 rings (SSSR count). The molecule has 0 radical (unpaired) electrons. The van der Waals surface area contributed by atoms with E-state index in [1.165, 1.54) is 0 Å². The quantitative estimate of drug-likeness (QED) is 0.604. The lowest BCUT2D eigenvalue weighted by Gasteiger charge is -2.20. The third-order valence-corrected chi connectivity index (χ3v) is 1.53. The Bertz CT molecular complexity index is 91.3. The Balaban J connectivity index is 3.29. The second-order valence-corrected chi connectivity index (χ2v) is 3.54. The second kappa shape index (κ2) is 5.52. The molecule has 0 saturated carbocycles. The molecular weight excluding hydrogens is 138 g/mol. The van der Waals surface area contributed by atoms with Crippen LogP contribution in [0.15, 0.2) is 0 Å². The van der Waals surface area contributed by atoms with E-state index in [4.69, 9.17) is 5.73 Å². The summed E-state index contributed by atoms with van der Waals surface area (Å²) >= 11 is 0. The molecule has 0 aromatic carbocycles. The average molecular weight is 159 g/mol. The number of likely N-dealkylation sites (N-methyl/N-ethyl adjacent to an activating group) is 2. The van der Waals surface area contributed by atoms with E-state index >= 15 is 0 Å². The van der Waals surface area contributed by atoms with Crippen LogP contribution in [0.25, 0.3) is 0 Å². The summed E-state index contributed by atoms with van der Waals surface area (Å²) in [6.45, 7) is 5.21. The van der Waals surface area contributed by atoms with Crippen molar-refractivity contribution in [1.29, 1.82) is 0 Å². The summed E-state index contributed by atoms with van der Waals surface area (Å²) in [7, 11) is 6.27. The molecule has 0 aliphatic carbocycles. The molecule has 68 valence electrons. The molecule has 0 unspecified atom stereocenters. The van der Waals surface area contributed by atoms with Gasteiger partial charge in [-0.05, 0) is 28.1 Å². The first-order valence-corrected chi connectivity index (χ1v) is 4.11. The van der Waals surface area contributed by atoms with E-state index in [1.54, 1.807) is 0 Å². The van der Waals surface area contributed by atoms with Crippen molar-refractivity contribution >= 4 is 0 Å². The molecule has 3 nitrogen and oxygen atoms in total. The zero-order chi connectivity index (χ0) is 8.85. The van der Waals surface area contributed by atoms with E-state index in [1.807, 2.05) is 6.92 Å². The van der Waals surface area contributed by atoms with E-state index in [2.05, 4.69) is 30.9 Å². The molecule has 11 heavy (non-hydrogen) atoms. The van der Waals surface area contributed by atoms with Crippen LogP contribution in [0.3, 0.4) is 0 Å². The van der Waals surface area contributed by atoms with Gasteiger partial charge in [-0.25, -0.2) is 0 Å². The normalized spacial score (nSPS) is 14.5. The Morgan fingerprint density at radius 1 is 1.18 bits per heavy atom. The molecule has 2 N–H and O–H groups in total. The minimum Gasteiger partial charge on any atom is -0.327 e. The molecule has 0 aromatic rings. The molecule has 3 heteroatoms. The Morgan fingerprint density at radius 2 is 1.73 bits per heavy atom. The third kappa shape index (κ3) is 7.78. The Kier molecular flexibility index (Phi) is 5.46. The van der Waals surface area contributed by atoms with Crippen molar-refractivity contribution in [3.8, 4) is 0 Å². The van der Waals surface area contributed by atoms with E-state index < -0.39 is 0 Å². The van der Waals surface area contributed by atoms with Crippen LogP contribution in [0.2, 0.25) is 0 Å². The molecular formula is C8H21N3. The van der Waals surface area contributed by atoms with Gasteiger partial charge in [0.15, 0.2) is 0 Å². The van der Waals surface area contributed by atoms with E-state index in [-0.39, 0.29) is 6.04 Å². The van der Waals surface area contributed by atoms with Crippen molar-refractivity contribution in [1.82, 2.24) is 9.80 Å². The Hall–Kier alpha value is -0.120. The second-order valence-electron chi connectivity index (χ2n) is 3.54. The first-order chi connectivity index (χ1) is 5.02. The number of nitrogens with zero attached hydrogens (tertiary/aromatic N) is 2. The zero-order valence-electron chi connectivity index (χ0n) is 8.17. The van der Waals surface area contributed by atoms with Crippen LogP contribution >= 0.6 is 0 Å². The number of rotatable bonds is 5. The van der Waals surface area contributed by atoms with Gasteiger partial charge < -0.3 is 15.5 Å². The molecule has 0 spiro atoms. The third-order valence-electron chi connectivity index (χ3n) is 1.53. The molecule has 0 heterocycles. The fourth-order valence-corrected chi connectivity index (χ4v) is 0.954. The van der Waals surface area contributed by atoms with Gasteiger partial charge in [-0.3, -0.25) is 0 Å². The topological polar surface area (TPSA) is 32.5 Å². The highest BCUT2D eigenvalue weighted by Crippen LogP contribution is 1.85. The summed E-state index contributed by atoms with van der Waals surface area (Å²) in [4.78, 5) is 4.43. The molecule has 0 saturated heterocycles. The van der Waals surface area contributed by atoms with E-state index in [0.717, 1.165) is 19.6 Å². The van der Waals surface area contributed by atoms with Crippen LogP contribution in [-0.4, -0.2) is 56.6 Å². The summed E-state index contributed by atoms with van der Waals surface area (Å²) in [6.07, 6.45) is 0. The van der Waals surface area contributed by atoms with Gasteiger partial charge in [-0.1, -0.05) is 0 Å². The smallest absolute Gasteiger partial charge is 0.0139 e. The lowest BCUT2D eigenvalue weighted by atomic mass is 10.3. The highest BCUT2D eigenvalue weighted by atomic mass is 15.2. The number of nitrogens with two attached hydrogens (primary N) is 1. The maximum absolute atomic E-state index is 5.64. The monoisotopic (exact) mass is 159 g/mol. The van der Waals surface area contributed by atoms with Crippen LogP contribution in [0, 0.1) is 0 Å². The van der Waals surface area contributed by atoms with E-state index in [0.29, 0.717) is 0 Å². The molecule has 0 aliphatic rings. The maximum atomic E-state index is 5.64. The predicted molar refractivity (Wildman–Crippen MR) is 49.7 cm³/mol. The minimum atomic E-state index is 0.280. The van der Waals surface area contributed by atoms with Crippen molar-refractivity contribution in [3.63, 3.8) is 0 Å². The van der Waals surface area contributed by atoms with Crippen LogP contribution < -0.4 is 5.73 Å². The van der Waals surface area contributed by atoms with Crippen molar-refractivity contribution in [2.75, 3.05) is 40.8 Å². The largest absolute Gasteiger partial charge is 0.327 e. The summed E-state index contributed by atoms with van der Waals surface area (Å²) in [5.74, 6) is 0. The molecule has 0 amide bonds. The molecule has 0 aromatic heterocycles. The van der Waals surface area contributed by atoms with Crippen LogP contribution in [0.4, 0.5) is 0 Å². The standard InChI is InChI=1S/C8H21N3/c1-8(9)7-11(4)6-5-10(2)3/h8H,5-7,9H2,1-4H3/t8-/m1/s1. The molecule has 1 atom stereocenters. The van der Waals surface area contributed by atoms with Crippen molar-refractivity contribution in [3.05, 3.63) is 0 Å². The van der Waals surface area contributed by atoms with Gasteiger partial charge in [-0.2, -0.15) is 0 Å². The first-order valence-electron chi connectivity index (χ1n) is 4.11. The average Bonchev–Trinajstić information content (AvgIpc) is 1.82. The van der Waals surface area contributed by atoms with Gasteiger partial charge in [-0.15, -0.1) is 0 Å². The van der Waals surface area contributed by atoms with Crippen molar-refractivity contribution < 1.29 is 0 Å². The Labute approximate surface area is 70.2 Å². The fourth-order valence-electron chi connectivity index (χ4n) is 0.954. The zero-order valence-corrected chi connectivity index (χ0v) is 8.17. The van der Waals surface area contributed by atoms with Gasteiger partial charge in [0.05, 0.1) is 0 Å². The van der Waals surface area contributed by atoms with Gasteiger partial charge >= 0.3 is 0 Å². The number of hydrogen-bond acceptors (Lipinski definition) is 3. The Morgan fingerprint density at radius 3 is 2.09 bits per heavy atom. The van der Waals surface area contributed by atoms with Gasteiger partial charge in [0.2, 0.25) is 0 Å². The summed E-state index contributed by atoms with van der Waals surface area (Å²) in [5.41, 5.74) is 5.64. The van der Waals surface area contributed by atoms with Crippen LogP contribution in [0.1, 0.15) is 6.92 Å². The fraction of sp³-hybridized carbons (Fsp3) is 1.00. The summed E-state index contributed by atoms with van der Waals surface area (Å²) in [6, 6.07) is 0.280. The predicted octanol–water partition coefficient (Wildman–Crippen LogP) is -0.173. The summed E-state index contributed by atoms with van der Waals surface area (Å²) < 4.78 is 0. The van der Waals surface area contributed by atoms with E-state index in [9.17, 15) is 0 Å². The SMILES string of the molecule is C[C@@H](N)CN(C)CCN(C)C. The maximum Gasteiger partial charge on any atom is 0.0139 e. The molecule has 0 bridgehead atoms. The highest BCUT2D eigenvalue weighted by molar-refractivity contribution is 4.60. The lowest BCUT2D eigenvalue weighted by Crippen LogP contribution is -2.36. The van der Waals surface area contributed by atoms with Crippen LogP contribution in [0.5, 0.6) is 0 Å².